The average molecular weight is 575 g/mol. The van der Waals surface area contributed by atoms with Gasteiger partial charge < -0.3 is 5.32 Å². The number of benzene rings is 5. The second-order valence-corrected chi connectivity index (χ2v) is 11.5. The number of halogens is 1. The number of aryl methyl sites for hydroxylation is 5. The van der Waals surface area contributed by atoms with E-state index in [1.165, 1.54) is 67.6 Å². The van der Waals surface area contributed by atoms with E-state index in [4.69, 9.17) is 0 Å². The standard InChI is InChI=1S/C37H36BrN/c1-6-7-28-8-10-29(11-9-28)30-12-15-32(16-13-30)39-33-17-19-35(25(3)21-33)37-23-26(4)36(22-27(37)5)34-18-14-31(38)20-24(34)2/h8-23,39H,6-7H2,1-5H3. The van der Waals surface area contributed by atoms with Gasteiger partial charge in [-0.3, -0.25) is 0 Å². The monoisotopic (exact) mass is 573 g/mol. The number of hydrogen-bond acceptors (Lipinski definition) is 1. The van der Waals surface area contributed by atoms with Gasteiger partial charge in [0.2, 0.25) is 0 Å². The van der Waals surface area contributed by atoms with Gasteiger partial charge in [0.1, 0.15) is 0 Å². The molecule has 0 aliphatic carbocycles. The molecule has 0 aliphatic rings. The quantitative estimate of drug-likeness (QED) is 0.204. The normalized spacial score (nSPS) is 11.0. The van der Waals surface area contributed by atoms with Crippen LogP contribution < -0.4 is 5.32 Å². The summed E-state index contributed by atoms with van der Waals surface area (Å²) in [5.74, 6) is 0. The van der Waals surface area contributed by atoms with Gasteiger partial charge in [-0.1, -0.05) is 89.9 Å². The zero-order valence-electron chi connectivity index (χ0n) is 23.5. The molecule has 2 heteroatoms. The largest absolute Gasteiger partial charge is 0.356 e. The zero-order valence-corrected chi connectivity index (χ0v) is 25.1. The molecule has 0 bridgehead atoms. The maximum Gasteiger partial charge on any atom is 0.0387 e. The van der Waals surface area contributed by atoms with Crippen LogP contribution in [0.1, 0.15) is 41.2 Å². The topological polar surface area (TPSA) is 12.0 Å². The predicted octanol–water partition coefficient (Wildman–Crippen LogP) is 11.4. The summed E-state index contributed by atoms with van der Waals surface area (Å²) in [6.45, 7) is 11.0. The lowest BCUT2D eigenvalue weighted by Crippen LogP contribution is -1.95. The molecule has 0 heterocycles. The van der Waals surface area contributed by atoms with Crippen LogP contribution in [0.4, 0.5) is 11.4 Å². The Morgan fingerprint density at radius 2 is 1.00 bits per heavy atom. The lowest BCUT2D eigenvalue weighted by atomic mass is 9.89. The van der Waals surface area contributed by atoms with Crippen LogP contribution >= 0.6 is 15.9 Å². The zero-order chi connectivity index (χ0) is 27.5. The summed E-state index contributed by atoms with van der Waals surface area (Å²) in [6, 6.07) is 35.5. The Hall–Kier alpha value is -3.62. The molecule has 0 amide bonds. The first-order valence-electron chi connectivity index (χ1n) is 13.8. The third-order valence-corrected chi connectivity index (χ3v) is 8.06. The molecule has 0 saturated carbocycles. The maximum atomic E-state index is 3.59. The summed E-state index contributed by atoms with van der Waals surface area (Å²) in [6.07, 6.45) is 2.32. The van der Waals surface area contributed by atoms with Gasteiger partial charge in [-0.05, 0) is 132 Å². The second-order valence-electron chi connectivity index (χ2n) is 10.6. The van der Waals surface area contributed by atoms with Crippen LogP contribution in [0.15, 0.2) is 102 Å². The van der Waals surface area contributed by atoms with Crippen LogP contribution in [0.25, 0.3) is 33.4 Å². The Bertz CT molecular complexity index is 1610. The van der Waals surface area contributed by atoms with Crippen molar-refractivity contribution < 1.29 is 0 Å². The summed E-state index contributed by atoms with van der Waals surface area (Å²) in [7, 11) is 0. The van der Waals surface area contributed by atoms with Crippen molar-refractivity contribution in [1.82, 2.24) is 0 Å². The molecule has 39 heavy (non-hydrogen) atoms. The van der Waals surface area contributed by atoms with Gasteiger partial charge in [-0.2, -0.15) is 0 Å². The van der Waals surface area contributed by atoms with E-state index in [0.717, 1.165) is 22.3 Å². The molecule has 0 spiro atoms. The Balaban J connectivity index is 1.35. The van der Waals surface area contributed by atoms with Crippen LogP contribution in [0.3, 0.4) is 0 Å². The molecule has 5 aromatic carbocycles. The van der Waals surface area contributed by atoms with Crippen molar-refractivity contribution in [2.75, 3.05) is 5.32 Å². The predicted molar refractivity (Wildman–Crippen MR) is 173 cm³/mol. The van der Waals surface area contributed by atoms with Gasteiger partial charge in [0.25, 0.3) is 0 Å². The fraction of sp³-hybridized carbons (Fsp3) is 0.189. The molecule has 0 radical (unpaired) electrons. The smallest absolute Gasteiger partial charge is 0.0387 e. The molecule has 0 unspecified atom stereocenters. The van der Waals surface area contributed by atoms with Gasteiger partial charge >= 0.3 is 0 Å². The van der Waals surface area contributed by atoms with Crippen LogP contribution in [0.2, 0.25) is 0 Å². The SMILES string of the molecule is CCCc1ccc(-c2ccc(Nc3ccc(-c4cc(C)c(-c5ccc(Br)cc5C)cc4C)c(C)c3)cc2)cc1. The number of hydrogen-bond donors (Lipinski definition) is 1. The van der Waals surface area contributed by atoms with E-state index in [2.05, 4.69) is 153 Å². The van der Waals surface area contributed by atoms with E-state index in [9.17, 15) is 0 Å². The first-order chi connectivity index (χ1) is 18.8. The first-order valence-corrected chi connectivity index (χ1v) is 14.6. The van der Waals surface area contributed by atoms with Crippen molar-refractivity contribution in [2.24, 2.45) is 0 Å². The van der Waals surface area contributed by atoms with Gasteiger partial charge in [-0.15, -0.1) is 0 Å². The number of rotatable bonds is 7. The third-order valence-electron chi connectivity index (χ3n) is 7.57. The van der Waals surface area contributed by atoms with E-state index in [-0.39, 0.29) is 0 Å². The summed E-state index contributed by atoms with van der Waals surface area (Å²) in [5.41, 5.74) is 16.4. The van der Waals surface area contributed by atoms with Crippen molar-refractivity contribution in [3.05, 3.63) is 129 Å². The van der Waals surface area contributed by atoms with Gasteiger partial charge in [0.05, 0.1) is 0 Å². The molecule has 0 saturated heterocycles. The summed E-state index contributed by atoms with van der Waals surface area (Å²) < 4.78 is 1.12. The lowest BCUT2D eigenvalue weighted by Gasteiger charge is -2.17. The fourth-order valence-electron chi connectivity index (χ4n) is 5.43. The Kier molecular flexibility index (Phi) is 8.04. The Morgan fingerprint density at radius 3 is 1.54 bits per heavy atom. The van der Waals surface area contributed by atoms with Crippen LogP contribution in [0, 0.1) is 27.7 Å². The number of anilines is 2. The molecule has 196 valence electrons. The highest BCUT2D eigenvalue weighted by Crippen LogP contribution is 2.36. The summed E-state index contributed by atoms with van der Waals surface area (Å²) >= 11 is 3.59. The van der Waals surface area contributed by atoms with E-state index in [0.29, 0.717) is 0 Å². The molecule has 1 N–H and O–H groups in total. The molecule has 0 aliphatic heterocycles. The Morgan fingerprint density at radius 1 is 0.513 bits per heavy atom. The highest BCUT2D eigenvalue weighted by molar-refractivity contribution is 9.10. The minimum absolute atomic E-state index is 1.09. The van der Waals surface area contributed by atoms with E-state index in [1.807, 2.05) is 0 Å². The van der Waals surface area contributed by atoms with Gasteiger partial charge in [-0.25, -0.2) is 0 Å². The maximum absolute atomic E-state index is 3.59. The second kappa shape index (κ2) is 11.6. The molecular formula is C37H36BrN. The van der Waals surface area contributed by atoms with Crippen molar-refractivity contribution in [3.63, 3.8) is 0 Å². The molecule has 0 fully saturated rings. The summed E-state index contributed by atoms with van der Waals surface area (Å²) in [4.78, 5) is 0. The van der Waals surface area contributed by atoms with Crippen molar-refractivity contribution >= 4 is 27.3 Å². The number of nitrogens with one attached hydrogen (secondary N) is 1. The van der Waals surface area contributed by atoms with Crippen LogP contribution in [0.5, 0.6) is 0 Å². The molecule has 0 aromatic heterocycles. The van der Waals surface area contributed by atoms with Crippen LogP contribution in [-0.4, -0.2) is 0 Å². The minimum Gasteiger partial charge on any atom is -0.356 e. The van der Waals surface area contributed by atoms with Crippen molar-refractivity contribution in [1.29, 1.82) is 0 Å². The first kappa shape index (κ1) is 27.0. The molecule has 1 nitrogen and oxygen atoms in total. The Labute approximate surface area is 242 Å². The fourth-order valence-corrected chi connectivity index (χ4v) is 5.91. The minimum atomic E-state index is 1.09. The molecule has 5 aromatic rings. The van der Waals surface area contributed by atoms with Crippen molar-refractivity contribution in [2.45, 2.75) is 47.5 Å². The van der Waals surface area contributed by atoms with Gasteiger partial charge in [0, 0.05) is 15.8 Å². The van der Waals surface area contributed by atoms with Gasteiger partial charge in [0.15, 0.2) is 0 Å². The summed E-state index contributed by atoms with van der Waals surface area (Å²) in [5, 5.41) is 3.59. The highest BCUT2D eigenvalue weighted by Gasteiger charge is 2.12. The average Bonchev–Trinajstić information content (AvgIpc) is 2.92. The molecule has 5 rings (SSSR count). The third kappa shape index (κ3) is 6.02. The molecule has 0 atom stereocenters. The highest BCUT2D eigenvalue weighted by atomic mass is 79.9. The lowest BCUT2D eigenvalue weighted by molar-refractivity contribution is 0.922. The molecular weight excluding hydrogens is 538 g/mol. The van der Waals surface area contributed by atoms with Crippen LogP contribution in [-0.2, 0) is 6.42 Å². The van der Waals surface area contributed by atoms with Crippen molar-refractivity contribution in [3.8, 4) is 33.4 Å². The van der Waals surface area contributed by atoms with E-state index < -0.39 is 0 Å². The van der Waals surface area contributed by atoms with E-state index >= 15 is 0 Å². The van der Waals surface area contributed by atoms with E-state index in [1.54, 1.807) is 0 Å².